The lowest BCUT2D eigenvalue weighted by Crippen LogP contribution is -2.60. The number of benzene rings is 9. The Bertz CT molecular complexity index is 3700. The molecule has 0 saturated heterocycles. The van der Waals surface area contributed by atoms with Crippen LogP contribution in [-0.4, -0.2) is 11.4 Å². The third-order valence-corrected chi connectivity index (χ3v) is 15.5. The molecule has 5 nitrogen and oxygen atoms in total. The summed E-state index contributed by atoms with van der Waals surface area (Å²) in [5.74, 6) is 2.85. The van der Waals surface area contributed by atoms with Crippen LogP contribution in [-0.2, 0) is 10.8 Å². The van der Waals surface area contributed by atoms with Gasteiger partial charge in [-0.3, -0.25) is 0 Å². The summed E-state index contributed by atoms with van der Waals surface area (Å²) in [6.07, 6.45) is 2.30. The lowest BCUT2D eigenvalue weighted by molar-refractivity contribution is 0.332. The molecular formula is C61H48BN3O2. The van der Waals surface area contributed by atoms with E-state index in [1.54, 1.807) is 0 Å². The predicted octanol–water partition coefficient (Wildman–Crippen LogP) is 15.2. The maximum absolute atomic E-state index is 6.81. The number of para-hydroxylation sites is 5. The van der Waals surface area contributed by atoms with Crippen LogP contribution in [0.3, 0.4) is 0 Å². The molecule has 3 aliphatic heterocycles. The highest BCUT2D eigenvalue weighted by Crippen LogP contribution is 2.56. The van der Waals surface area contributed by atoms with Gasteiger partial charge in [0.1, 0.15) is 0 Å². The van der Waals surface area contributed by atoms with Gasteiger partial charge < -0.3 is 23.8 Å². The average Bonchev–Trinajstić information content (AvgIpc) is 3.70. The van der Waals surface area contributed by atoms with Crippen molar-refractivity contribution in [1.82, 2.24) is 4.57 Å². The molecule has 1 aromatic heterocycles. The summed E-state index contributed by atoms with van der Waals surface area (Å²) in [5, 5.41) is 4.98. The molecule has 0 spiro atoms. The molecule has 4 aliphatic rings. The monoisotopic (exact) mass is 865 g/mol. The Balaban J connectivity index is 1.15. The molecule has 10 aromatic rings. The molecule has 0 radical (unpaired) electrons. The Kier molecular flexibility index (Phi) is 7.87. The van der Waals surface area contributed by atoms with Gasteiger partial charge in [0.25, 0.3) is 0 Å². The number of rotatable bonds is 4. The van der Waals surface area contributed by atoms with Crippen molar-refractivity contribution in [1.29, 1.82) is 0 Å². The Labute approximate surface area is 391 Å². The van der Waals surface area contributed by atoms with Gasteiger partial charge in [-0.2, -0.15) is 0 Å². The van der Waals surface area contributed by atoms with E-state index in [2.05, 4.69) is 201 Å². The van der Waals surface area contributed by atoms with Crippen molar-refractivity contribution in [3.05, 3.63) is 193 Å². The topological polar surface area (TPSA) is 29.9 Å². The fourth-order valence-corrected chi connectivity index (χ4v) is 12.1. The first-order chi connectivity index (χ1) is 32.6. The Morgan fingerprint density at radius 3 is 1.81 bits per heavy atom. The highest BCUT2D eigenvalue weighted by Gasteiger charge is 2.47. The van der Waals surface area contributed by atoms with E-state index in [1.807, 2.05) is 24.3 Å². The van der Waals surface area contributed by atoms with Crippen LogP contribution in [0.4, 0.5) is 28.4 Å². The highest BCUT2D eigenvalue weighted by atomic mass is 16.6. The van der Waals surface area contributed by atoms with Crippen molar-refractivity contribution in [3.8, 4) is 39.8 Å². The van der Waals surface area contributed by atoms with E-state index >= 15 is 0 Å². The van der Waals surface area contributed by atoms with Gasteiger partial charge >= 0.3 is 6.85 Å². The van der Waals surface area contributed by atoms with Gasteiger partial charge in [0.05, 0.1) is 11.0 Å². The maximum Gasteiger partial charge on any atom is 0.333 e. The van der Waals surface area contributed by atoms with Crippen molar-refractivity contribution in [2.75, 3.05) is 9.71 Å². The van der Waals surface area contributed by atoms with Crippen LogP contribution in [0, 0.1) is 6.92 Å². The summed E-state index contributed by atoms with van der Waals surface area (Å²) in [4.78, 5) is 5.07. The van der Waals surface area contributed by atoms with E-state index in [0.29, 0.717) is 17.2 Å². The quantitative estimate of drug-likeness (QED) is 0.165. The number of aromatic nitrogens is 1. The normalized spacial score (nSPS) is 15.5. The molecule has 0 unspecified atom stereocenters. The first kappa shape index (κ1) is 38.6. The number of anilines is 5. The summed E-state index contributed by atoms with van der Waals surface area (Å²) in [6, 6.07) is 64.5. The fourth-order valence-electron chi connectivity index (χ4n) is 12.1. The maximum atomic E-state index is 6.81. The summed E-state index contributed by atoms with van der Waals surface area (Å²) in [5.41, 5.74) is 18.3. The van der Waals surface area contributed by atoms with E-state index in [1.165, 1.54) is 77.1 Å². The fraction of sp³-hybridized carbons (Fsp3) is 0.148. The zero-order valence-electron chi connectivity index (χ0n) is 38.4. The molecular weight excluding hydrogens is 818 g/mol. The first-order valence-corrected chi connectivity index (χ1v) is 23.7. The van der Waals surface area contributed by atoms with Crippen molar-refractivity contribution in [3.63, 3.8) is 0 Å². The van der Waals surface area contributed by atoms with E-state index in [4.69, 9.17) is 9.47 Å². The number of hydrogen-bond donors (Lipinski definition) is 0. The molecule has 0 saturated carbocycles. The average molecular weight is 866 g/mol. The van der Waals surface area contributed by atoms with Gasteiger partial charge in [0, 0.05) is 61.9 Å². The highest BCUT2D eigenvalue weighted by molar-refractivity contribution is 6.93. The number of ether oxygens (including phenoxy) is 2. The van der Waals surface area contributed by atoms with Crippen LogP contribution < -0.4 is 30.1 Å². The second-order valence-corrected chi connectivity index (χ2v) is 20.4. The number of nitrogens with zero attached hydrogens (tertiary/aromatic N) is 3. The third-order valence-electron chi connectivity index (χ3n) is 15.5. The summed E-state index contributed by atoms with van der Waals surface area (Å²) in [7, 11) is 0. The minimum Gasteiger partial charge on any atom is -0.449 e. The number of fused-ring (bicyclic) bond motifs is 12. The largest absolute Gasteiger partial charge is 0.449 e. The molecule has 0 bridgehead atoms. The standard InChI is InChI=1S/C61H48BN3O2/c1-37-31-47-48(61(4,5)30-29-60(47,2)3)35-50(37)65-51-36-56-55(66-53-25-14-15-26-54(53)67-56)34-45(51)46-32-41(63(39-18-8-6-9-19-39)40-20-10-7-11-21-40)33-52-57(46)62(65)49-24-16-23-43-44-28-27-38-17-12-13-22-42(38)58(44)64(52)59(43)49/h6-28,31-36H,29-30H2,1-5H3. The Morgan fingerprint density at radius 1 is 0.478 bits per heavy atom. The Morgan fingerprint density at radius 2 is 1.09 bits per heavy atom. The van der Waals surface area contributed by atoms with Crippen molar-refractivity contribution >= 4 is 78.8 Å². The minimum atomic E-state index is -0.175. The van der Waals surface area contributed by atoms with Gasteiger partial charge in [-0.1, -0.05) is 137 Å². The number of hydrogen-bond acceptors (Lipinski definition) is 4. The third kappa shape index (κ3) is 5.44. The van der Waals surface area contributed by atoms with Crippen LogP contribution in [0.25, 0.3) is 49.4 Å². The van der Waals surface area contributed by atoms with Crippen molar-refractivity contribution < 1.29 is 9.47 Å². The van der Waals surface area contributed by atoms with Crippen LogP contribution in [0.1, 0.15) is 57.2 Å². The van der Waals surface area contributed by atoms with Crippen LogP contribution in [0.15, 0.2) is 176 Å². The molecule has 322 valence electrons. The van der Waals surface area contributed by atoms with Crippen LogP contribution in [0.2, 0.25) is 0 Å². The number of aryl methyl sites for hydroxylation is 1. The van der Waals surface area contributed by atoms with Crippen LogP contribution >= 0.6 is 0 Å². The van der Waals surface area contributed by atoms with Crippen molar-refractivity contribution in [2.24, 2.45) is 0 Å². The summed E-state index contributed by atoms with van der Waals surface area (Å²) < 4.78 is 16.2. The predicted molar refractivity (Wildman–Crippen MR) is 279 cm³/mol. The van der Waals surface area contributed by atoms with E-state index in [-0.39, 0.29) is 17.7 Å². The van der Waals surface area contributed by atoms with Gasteiger partial charge in [0.15, 0.2) is 23.0 Å². The lowest BCUT2D eigenvalue weighted by atomic mass is 9.43. The van der Waals surface area contributed by atoms with Gasteiger partial charge in [-0.15, -0.1) is 0 Å². The van der Waals surface area contributed by atoms with Crippen molar-refractivity contribution in [2.45, 2.75) is 58.3 Å². The summed E-state index contributed by atoms with van der Waals surface area (Å²) in [6.45, 7) is 11.9. The second-order valence-electron chi connectivity index (χ2n) is 20.4. The molecule has 0 atom stereocenters. The van der Waals surface area contributed by atoms with E-state index in [0.717, 1.165) is 46.9 Å². The second kappa shape index (κ2) is 13.7. The van der Waals surface area contributed by atoms with E-state index in [9.17, 15) is 0 Å². The van der Waals surface area contributed by atoms with Gasteiger partial charge in [-0.25, -0.2) is 0 Å². The first-order valence-electron chi connectivity index (χ1n) is 23.7. The smallest absolute Gasteiger partial charge is 0.333 e. The molecule has 67 heavy (non-hydrogen) atoms. The molecule has 0 fully saturated rings. The summed E-state index contributed by atoms with van der Waals surface area (Å²) >= 11 is 0. The van der Waals surface area contributed by atoms with E-state index < -0.39 is 0 Å². The molecule has 9 aromatic carbocycles. The molecule has 4 heterocycles. The minimum absolute atomic E-state index is 0.0127. The van der Waals surface area contributed by atoms with Crippen LogP contribution in [0.5, 0.6) is 23.0 Å². The van der Waals surface area contributed by atoms with Gasteiger partial charge in [-0.05, 0) is 130 Å². The molecule has 14 rings (SSSR count). The zero-order valence-corrected chi connectivity index (χ0v) is 38.4. The zero-order chi connectivity index (χ0) is 44.9. The molecule has 0 amide bonds. The molecule has 6 heteroatoms. The molecule has 1 aliphatic carbocycles. The molecule has 0 N–H and O–H groups in total. The lowest BCUT2D eigenvalue weighted by Gasteiger charge is -2.46. The van der Waals surface area contributed by atoms with Gasteiger partial charge in [0.2, 0.25) is 0 Å². The SMILES string of the molecule is Cc1cc2c(cc1N1B3c4c(cc(N(c5ccccc5)c5ccccc5)cc4-n4c5c3cccc5c3ccc5ccccc5c34)-c3cc4c(cc31)Oc1ccccc1O4)C(C)(C)CCC2(C)C. The Hall–Kier alpha value is -7.70.